The van der Waals surface area contributed by atoms with Gasteiger partial charge in [-0.3, -0.25) is 29.4 Å². The molecule has 0 spiro atoms. The van der Waals surface area contributed by atoms with Gasteiger partial charge in [-0.1, -0.05) is 35.3 Å². The summed E-state index contributed by atoms with van der Waals surface area (Å²) >= 11 is 12.5. The van der Waals surface area contributed by atoms with Gasteiger partial charge >= 0.3 is 0 Å². The molecule has 4 aliphatic rings. The molecule has 42 heavy (non-hydrogen) atoms. The first-order chi connectivity index (χ1) is 20.0. The molecular formula is C29H29Cl2F2N5O4. The van der Waals surface area contributed by atoms with Crippen molar-refractivity contribution in [2.24, 2.45) is 0 Å². The lowest BCUT2D eigenvalue weighted by Gasteiger charge is -2.46. The average Bonchev–Trinajstić information content (AvgIpc) is 3.30. The predicted molar refractivity (Wildman–Crippen MR) is 152 cm³/mol. The van der Waals surface area contributed by atoms with Crippen LogP contribution in [-0.4, -0.2) is 95.6 Å². The third-order valence-corrected chi connectivity index (χ3v) is 9.50. The van der Waals surface area contributed by atoms with Gasteiger partial charge in [0.1, 0.15) is 6.04 Å². The van der Waals surface area contributed by atoms with Crippen molar-refractivity contribution in [3.05, 3.63) is 63.1 Å². The molecule has 4 amide bonds. The van der Waals surface area contributed by atoms with Crippen molar-refractivity contribution in [1.82, 2.24) is 20.0 Å². The molecule has 2 atom stereocenters. The number of imide groups is 1. The van der Waals surface area contributed by atoms with Crippen LogP contribution in [0.15, 0.2) is 36.4 Å². The minimum Gasteiger partial charge on any atom is -0.368 e. The highest BCUT2D eigenvalue weighted by molar-refractivity contribution is 6.43. The molecule has 2 unspecified atom stereocenters. The van der Waals surface area contributed by atoms with Gasteiger partial charge in [0, 0.05) is 56.8 Å². The van der Waals surface area contributed by atoms with E-state index in [1.54, 1.807) is 29.2 Å². The normalized spacial score (nSPS) is 24.6. The monoisotopic (exact) mass is 619 g/mol. The summed E-state index contributed by atoms with van der Waals surface area (Å²) in [4.78, 5) is 57.0. The molecule has 4 aliphatic heterocycles. The van der Waals surface area contributed by atoms with Gasteiger partial charge in [0.15, 0.2) is 0 Å². The Kier molecular flexibility index (Phi) is 7.61. The largest absolute Gasteiger partial charge is 0.368 e. The molecule has 0 radical (unpaired) electrons. The number of hydrogen-bond acceptors (Lipinski definition) is 6. The lowest BCUT2D eigenvalue weighted by molar-refractivity contribution is -0.136. The Bertz CT molecular complexity index is 1470. The van der Waals surface area contributed by atoms with Gasteiger partial charge in [-0.15, -0.1) is 0 Å². The van der Waals surface area contributed by atoms with E-state index in [9.17, 15) is 19.2 Å². The second kappa shape index (κ2) is 11.1. The molecule has 4 heterocycles. The van der Waals surface area contributed by atoms with Gasteiger partial charge < -0.3 is 14.7 Å². The molecular weight excluding hydrogens is 591 g/mol. The van der Waals surface area contributed by atoms with E-state index in [2.05, 4.69) is 5.32 Å². The fraction of sp³-hybridized carbons (Fsp3) is 0.448. The van der Waals surface area contributed by atoms with E-state index in [0.717, 1.165) is 10.6 Å². The number of likely N-dealkylation sites (tertiary alicyclic amines) is 1. The average molecular weight is 620 g/mol. The Balaban J connectivity index is 1.12. The van der Waals surface area contributed by atoms with Crippen LogP contribution in [0.1, 0.15) is 45.5 Å². The molecule has 3 saturated heterocycles. The standard InChI is InChI=1S/C29H29Cl2F2N5O4/c30-20-5-2-6-21(25(20)31)35-11-13-36(14-12-35)23-9-10-37(16-29(23,32)33)27(41)17-3-1-4-18-19(17)15-38(28(18)42)22-7-8-24(39)34-26(22)40/h1-6,22-23H,7-16H2,(H,34,39,40). The predicted octanol–water partition coefficient (Wildman–Crippen LogP) is 3.43. The molecule has 13 heteroatoms. The van der Waals surface area contributed by atoms with E-state index in [4.69, 9.17) is 23.2 Å². The van der Waals surface area contributed by atoms with Crippen LogP contribution in [0.3, 0.4) is 0 Å². The van der Waals surface area contributed by atoms with Crippen molar-refractivity contribution >= 4 is 52.5 Å². The summed E-state index contributed by atoms with van der Waals surface area (Å²) < 4.78 is 31.2. The summed E-state index contributed by atoms with van der Waals surface area (Å²) in [7, 11) is 0. The number of nitrogens with one attached hydrogen (secondary N) is 1. The Morgan fingerprint density at radius 3 is 2.40 bits per heavy atom. The fourth-order valence-corrected chi connectivity index (χ4v) is 6.93. The second-order valence-electron chi connectivity index (χ2n) is 11.1. The van der Waals surface area contributed by atoms with Crippen LogP contribution in [-0.2, 0) is 16.1 Å². The van der Waals surface area contributed by atoms with E-state index in [0.29, 0.717) is 41.8 Å². The third-order valence-electron chi connectivity index (χ3n) is 8.69. The molecule has 3 fully saturated rings. The SMILES string of the molecule is O=C1CCC(N2Cc3c(C(=O)N4CCC(N5CCN(c6cccc(Cl)c6Cl)CC5)C(F)(F)C4)cccc3C2=O)C(=O)N1. The highest BCUT2D eigenvalue weighted by atomic mass is 35.5. The van der Waals surface area contributed by atoms with Crippen LogP contribution in [0.2, 0.25) is 10.0 Å². The maximum atomic E-state index is 15.6. The number of piperidine rings is 2. The summed E-state index contributed by atoms with van der Waals surface area (Å²) in [6.07, 6.45) is 0.399. The van der Waals surface area contributed by atoms with Crippen molar-refractivity contribution in [3.8, 4) is 0 Å². The Hall–Kier alpha value is -3.28. The summed E-state index contributed by atoms with van der Waals surface area (Å²) in [5.74, 6) is -5.08. The number of fused-ring (bicyclic) bond motifs is 1. The van der Waals surface area contributed by atoms with Crippen molar-refractivity contribution in [1.29, 1.82) is 0 Å². The number of nitrogens with zero attached hydrogens (tertiary/aromatic N) is 4. The van der Waals surface area contributed by atoms with E-state index >= 15 is 8.78 Å². The summed E-state index contributed by atoms with van der Waals surface area (Å²) in [6, 6.07) is 8.18. The van der Waals surface area contributed by atoms with E-state index in [-0.39, 0.29) is 43.5 Å². The smallest absolute Gasteiger partial charge is 0.280 e. The lowest BCUT2D eigenvalue weighted by Crippen LogP contribution is -2.62. The number of rotatable bonds is 4. The van der Waals surface area contributed by atoms with Crippen LogP contribution >= 0.6 is 23.2 Å². The first-order valence-corrected chi connectivity index (χ1v) is 14.7. The van der Waals surface area contributed by atoms with Crippen LogP contribution < -0.4 is 10.2 Å². The zero-order chi connectivity index (χ0) is 29.8. The van der Waals surface area contributed by atoms with Gasteiger partial charge in [-0.25, -0.2) is 8.78 Å². The van der Waals surface area contributed by atoms with Crippen LogP contribution in [0.4, 0.5) is 14.5 Å². The minimum absolute atomic E-state index is 0.00383. The number of carbonyl (C=O) groups excluding carboxylic acids is 4. The molecule has 6 rings (SSSR count). The first kappa shape index (κ1) is 28.8. The number of benzene rings is 2. The van der Waals surface area contributed by atoms with Gasteiger partial charge in [-0.05, 0) is 42.7 Å². The van der Waals surface area contributed by atoms with Gasteiger partial charge in [0.05, 0.1) is 28.3 Å². The highest BCUT2D eigenvalue weighted by Gasteiger charge is 2.49. The maximum Gasteiger partial charge on any atom is 0.280 e. The lowest BCUT2D eigenvalue weighted by atomic mass is 9.96. The minimum atomic E-state index is -3.14. The Labute approximate surface area is 251 Å². The number of carbonyl (C=O) groups is 4. The van der Waals surface area contributed by atoms with E-state index < -0.39 is 48.2 Å². The summed E-state index contributed by atoms with van der Waals surface area (Å²) in [5, 5.41) is 3.14. The van der Waals surface area contributed by atoms with E-state index in [1.165, 1.54) is 11.0 Å². The molecule has 0 aromatic heterocycles. The Morgan fingerprint density at radius 1 is 0.952 bits per heavy atom. The molecule has 9 nitrogen and oxygen atoms in total. The molecule has 0 bridgehead atoms. The van der Waals surface area contributed by atoms with Crippen LogP contribution in [0.5, 0.6) is 0 Å². The third kappa shape index (κ3) is 5.11. The van der Waals surface area contributed by atoms with E-state index in [1.807, 2.05) is 11.0 Å². The number of amides is 4. The second-order valence-corrected chi connectivity index (χ2v) is 11.9. The first-order valence-electron chi connectivity index (χ1n) is 13.9. The zero-order valence-corrected chi connectivity index (χ0v) is 24.1. The maximum absolute atomic E-state index is 15.6. The van der Waals surface area contributed by atoms with Crippen LogP contribution in [0, 0.1) is 0 Å². The molecule has 2 aromatic carbocycles. The number of alkyl halides is 2. The summed E-state index contributed by atoms with van der Waals surface area (Å²) in [6.45, 7) is 1.28. The van der Waals surface area contributed by atoms with Crippen molar-refractivity contribution in [3.63, 3.8) is 0 Å². The van der Waals surface area contributed by atoms with Crippen molar-refractivity contribution in [2.75, 3.05) is 44.2 Å². The highest BCUT2D eigenvalue weighted by Crippen LogP contribution is 2.37. The fourth-order valence-electron chi connectivity index (χ4n) is 6.52. The topological polar surface area (TPSA) is 93.3 Å². The quantitative estimate of drug-likeness (QED) is 0.527. The molecule has 1 N–H and O–H groups in total. The van der Waals surface area contributed by atoms with Crippen molar-refractivity contribution in [2.45, 2.75) is 43.8 Å². The molecule has 0 saturated carbocycles. The van der Waals surface area contributed by atoms with Crippen LogP contribution in [0.25, 0.3) is 0 Å². The summed E-state index contributed by atoms with van der Waals surface area (Å²) in [5.41, 5.74) is 1.64. The number of piperazine rings is 1. The van der Waals surface area contributed by atoms with Gasteiger partial charge in [0.25, 0.3) is 17.7 Å². The number of halogens is 4. The molecule has 0 aliphatic carbocycles. The zero-order valence-electron chi connectivity index (χ0n) is 22.6. The number of anilines is 1. The van der Waals surface area contributed by atoms with Crippen molar-refractivity contribution < 1.29 is 28.0 Å². The molecule has 222 valence electrons. The van der Waals surface area contributed by atoms with Gasteiger partial charge in [0.2, 0.25) is 11.8 Å². The molecule has 2 aromatic rings. The Morgan fingerprint density at radius 2 is 1.69 bits per heavy atom. The van der Waals surface area contributed by atoms with Gasteiger partial charge in [-0.2, -0.15) is 0 Å². The number of hydrogen-bond donors (Lipinski definition) is 1.